The van der Waals surface area contributed by atoms with Crippen molar-refractivity contribution in [1.29, 1.82) is 0 Å². The van der Waals surface area contributed by atoms with Gasteiger partial charge in [0.2, 0.25) is 0 Å². The van der Waals surface area contributed by atoms with Gasteiger partial charge < -0.3 is 15.4 Å². The van der Waals surface area contributed by atoms with E-state index in [4.69, 9.17) is 21.6 Å². The number of carbonyl (C=O) groups excluding carboxylic acids is 1. The van der Waals surface area contributed by atoms with Crippen molar-refractivity contribution in [2.75, 3.05) is 0 Å². The summed E-state index contributed by atoms with van der Waals surface area (Å²) in [6, 6.07) is 4.61. The first-order chi connectivity index (χ1) is 9.08. The van der Waals surface area contributed by atoms with Crippen LogP contribution in [-0.2, 0) is 0 Å². The maximum Gasteiger partial charge on any atom is 0.488 e. The minimum absolute atomic E-state index is 0.194. The predicted octanol–water partition coefficient (Wildman–Crippen LogP) is 1.08. The summed E-state index contributed by atoms with van der Waals surface area (Å²) in [6.45, 7) is 0. The fourth-order valence-electron chi connectivity index (χ4n) is 2.39. The fraction of sp³-hybridized carbons (Fsp3) is 0.462. The maximum absolute atomic E-state index is 12.1. The van der Waals surface area contributed by atoms with Crippen LogP contribution in [0.1, 0.15) is 42.5 Å². The van der Waals surface area contributed by atoms with Gasteiger partial charge in [-0.3, -0.25) is 4.79 Å². The van der Waals surface area contributed by atoms with Gasteiger partial charge in [-0.2, -0.15) is 0 Å². The number of hydrogen-bond acceptors (Lipinski definition) is 3. The first kappa shape index (κ1) is 14.4. The van der Waals surface area contributed by atoms with Crippen molar-refractivity contribution in [3.63, 3.8) is 0 Å². The topological polar surface area (TPSA) is 69.6 Å². The van der Waals surface area contributed by atoms with Crippen molar-refractivity contribution in [3.05, 3.63) is 28.8 Å². The van der Waals surface area contributed by atoms with Gasteiger partial charge in [-0.15, -0.1) is 0 Å². The van der Waals surface area contributed by atoms with Crippen LogP contribution in [-0.4, -0.2) is 29.1 Å². The molecule has 1 saturated carbocycles. The normalized spacial score (nSPS) is 16.2. The summed E-state index contributed by atoms with van der Waals surface area (Å²) in [5.74, 6) is -0.251. The lowest BCUT2D eigenvalue weighted by Gasteiger charge is -2.23. The zero-order valence-corrected chi connectivity index (χ0v) is 11.4. The third-order valence-electron chi connectivity index (χ3n) is 3.47. The Labute approximate surface area is 117 Å². The summed E-state index contributed by atoms with van der Waals surface area (Å²) >= 11 is 5.99. The first-order valence-corrected chi connectivity index (χ1v) is 6.92. The third kappa shape index (κ3) is 3.72. The number of rotatable bonds is 3. The molecule has 0 unspecified atom stereocenters. The van der Waals surface area contributed by atoms with Gasteiger partial charge in [-0.1, -0.05) is 36.9 Å². The van der Waals surface area contributed by atoms with E-state index in [9.17, 15) is 4.79 Å². The lowest BCUT2D eigenvalue weighted by atomic mass is 9.79. The van der Waals surface area contributed by atoms with Crippen molar-refractivity contribution >= 4 is 30.1 Å². The highest BCUT2D eigenvalue weighted by molar-refractivity contribution is 6.58. The van der Waals surface area contributed by atoms with Gasteiger partial charge in [0.05, 0.1) is 10.6 Å². The zero-order valence-electron chi connectivity index (χ0n) is 10.6. The SMILES string of the molecule is O=C(NC1CCCCC1)c1cc(B(O)O)ccc1Cl. The molecule has 0 heterocycles. The van der Waals surface area contributed by atoms with Crippen LogP contribution in [0, 0.1) is 0 Å². The molecule has 6 heteroatoms. The average Bonchev–Trinajstić information content (AvgIpc) is 2.40. The molecule has 0 atom stereocenters. The standard InChI is InChI=1S/C13H17BClNO3/c15-12-7-6-9(14(18)19)8-11(12)13(17)16-10-4-2-1-3-5-10/h6-8,10,18-19H,1-5H2,(H,16,17). The van der Waals surface area contributed by atoms with E-state index in [1.54, 1.807) is 0 Å². The highest BCUT2D eigenvalue weighted by Crippen LogP contribution is 2.19. The largest absolute Gasteiger partial charge is 0.488 e. The molecule has 1 aliphatic rings. The molecule has 1 aliphatic carbocycles. The molecule has 4 nitrogen and oxygen atoms in total. The van der Waals surface area contributed by atoms with E-state index in [2.05, 4.69) is 5.32 Å². The van der Waals surface area contributed by atoms with Crippen LogP contribution in [0.2, 0.25) is 5.02 Å². The van der Waals surface area contributed by atoms with Crippen molar-refractivity contribution in [2.45, 2.75) is 38.1 Å². The van der Waals surface area contributed by atoms with Crippen molar-refractivity contribution in [3.8, 4) is 0 Å². The van der Waals surface area contributed by atoms with Crippen LogP contribution in [0.4, 0.5) is 0 Å². The van der Waals surface area contributed by atoms with Crippen molar-refractivity contribution in [1.82, 2.24) is 5.32 Å². The minimum Gasteiger partial charge on any atom is -0.423 e. The van der Waals surface area contributed by atoms with Crippen LogP contribution >= 0.6 is 11.6 Å². The van der Waals surface area contributed by atoms with Crippen LogP contribution in [0.15, 0.2) is 18.2 Å². The van der Waals surface area contributed by atoms with E-state index < -0.39 is 7.12 Å². The first-order valence-electron chi connectivity index (χ1n) is 6.54. The third-order valence-corrected chi connectivity index (χ3v) is 3.80. The fourth-order valence-corrected chi connectivity index (χ4v) is 2.59. The molecule has 0 radical (unpaired) electrons. The molecule has 102 valence electrons. The Morgan fingerprint density at radius 2 is 1.95 bits per heavy atom. The Hall–Kier alpha value is -1.04. The predicted molar refractivity (Wildman–Crippen MR) is 75.6 cm³/mol. The van der Waals surface area contributed by atoms with Gasteiger partial charge in [0, 0.05) is 6.04 Å². The number of amides is 1. The van der Waals surface area contributed by atoms with E-state index in [0.29, 0.717) is 5.02 Å². The summed E-state index contributed by atoms with van der Waals surface area (Å²) in [5, 5.41) is 21.5. The lowest BCUT2D eigenvalue weighted by molar-refractivity contribution is 0.0928. The van der Waals surface area contributed by atoms with Crippen molar-refractivity contribution in [2.24, 2.45) is 0 Å². The molecule has 1 aromatic rings. The Morgan fingerprint density at radius 3 is 2.58 bits per heavy atom. The van der Waals surface area contributed by atoms with Crippen LogP contribution in [0.3, 0.4) is 0 Å². The monoisotopic (exact) mass is 281 g/mol. The zero-order chi connectivity index (χ0) is 13.8. The number of halogens is 1. The smallest absolute Gasteiger partial charge is 0.423 e. The Balaban J connectivity index is 2.11. The summed E-state index contributed by atoms with van der Waals surface area (Å²) in [4.78, 5) is 12.1. The van der Waals surface area contributed by atoms with Crippen LogP contribution in [0.25, 0.3) is 0 Å². The van der Waals surface area contributed by atoms with E-state index in [-0.39, 0.29) is 23.0 Å². The van der Waals surface area contributed by atoms with Crippen molar-refractivity contribution < 1.29 is 14.8 Å². The minimum atomic E-state index is -1.60. The summed E-state index contributed by atoms with van der Waals surface area (Å²) in [5.41, 5.74) is 0.552. The highest BCUT2D eigenvalue weighted by atomic mass is 35.5. The van der Waals surface area contributed by atoms with E-state index in [1.807, 2.05) is 0 Å². The summed E-state index contributed by atoms with van der Waals surface area (Å²) < 4.78 is 0. The van der Waals surface area contributed by atoms with Crippen LogP contribution < -0.4 is 10.8 Å². The van der Waals surface area contributed by atoms with E-state index in [1.165, 1.54) is 24.6 Å². The van der Waals surface area contributed by atoms with Gasteiger partial charge in [0.15, 0.2) is 0 Å². The van der Waals surface area contributed by atoms with Gasteiger partial charge >= 0.3 is 7.12 Å². The Morgan fingerprint density at radius 1 is 1.26 bits per heavy atom. The lowest BCUT2D eigenvalue weighted by Crippen LogP contribution is -2.37. The quantitative estimate of drug-likeness (QED) is 0.726. The molecule has 2 rings (SSSR count). The summed E-state index contributed by atoms with van der Waals surface area (Å²) in [6.07, 6.45) is 5.47. The second-order valence-electron chi connectivity index (χ2n) is 4.92. The molecule has 0 saturated heterocycles. The Bertz CT molecular complexity index is 461. The number of hydrogen-bond donors (Lipinski definition) is 3. The molecule has 1 fully saturated rings. The van der Waals surface area contributed by atoms with Gasteiger partial charge in [-0.05, 0) is 30.4 Å². The molecule has 1 amide bonds. The van der Waals surface area contributed by atoms with Gasteiger partial charge in [-0.25, -0.2) is 0 Å². The molecule has 0 aromatic heterocycles. The van der Waals surface area contributed by atoms with E-state index in [0.717, 1.165) is 25.7 Å². The number of carbonyl (C=O) groups is 1. The molecular weight excluding hydrogens is 264 g/mol. The highest BCUT2D eigenvalue weighted by Gasteiger charge is 2.20. The molecular formula is C13H17BClNO3. The number of benzene rings is 1. The number of nitrogens with one attached hydrogen (secondary N) is 1. The molecule has 1 aromatic carbocycles. The van der Waals surface area contributed by atoms with E-state index >= 15 is 0 Å². The van der Waals surface area contributed by atoms with Crippen LogP contribution in [0.5, 0.6) is 0 Å². The van der Waals surface area contributed by atoms with Gasteiger partial charge in [0.25, 0.3) is 5.91 Å². The second kappa shape index (κ2) is 6.41. The molecule has 0 spiro atoms. The summed E-state index contributed by atoms with van der Waals surface area (Å²) in [7, 11) is -1.60. The maximum atomic E-state index is 12.1. The van der Waals surface area contributed by atoms with Gasteiger partial charge in [0.1, 0.15) is 0 Å². The molecule has 0 bridgehead atoms. The Kier molecular flexibility index (Phi) is 4.85. The average molecular weight is 282 g/mol. The molecule has 3 N–H and O–H groups in total. The molecule has 0 aliphatic heterocycles. The second-order valence-corrected chi connectivity index (χ2v) is 5.33. The molecule has 19 heavy (non-hydrogen) atoms.